The highest BCUT2D eigenvalue weighted by atomic mass is 32.2. The summed E-state index contributed by atoms with van der Waals surface area (Å²) >= 11 is 0. The van der Waals surface area contributed by atoms with Crippen molar-refractivity contribution in [3.8, 4) is 6.07 Å². The van der Waals surface area contributed by atoms with Crippen molar-refractivity contribution in [3.63, 3.8) is 0 Å². The molecule has 1 saturated heterocycles. The van der Waals surface area contributed by atoms with Gasteiger partial charge in [-0.15, -0.1) is 0 Å². The lowest BCUT2D eigenvalue weighted by atomic mass is 9.99. The fourth-order valence-corrected chi connectivity index (χ4v) is 3.15. The molecule has 1 unspecified atom stereocenters. The third-order valence-corrected chi connectivity index (χ3v) is 4.62. The first-order valence-corrected chi connectivity index (χ1v) is 8.12. The largest absolute Gasteiger partial charge is 0.479 e. The summed E-state index contributed by atoms with van der Waals surface area (Å²) in [5, 5.41) is 20.1. The molecular weight excluding hydrogens is 314 g/mol. The highest BCUT2D eigenvalue weighted by Gasteiger charge is 2.49. The van der Waals surface area contributed by atoms with Gasteiger partial charge in [0.2, 0.25) is 10.0 Å². The molecule has 0 aromatic heterocycles. The summed E-state index contributed by atoms with van der Waals surface area (Å²) in [5.74, 6) is -2.09. The van der Waals surface area contributed by atoms with E-state index in [0.717, 1.165) is 4.31 Å². The van der Waals surface area contributed by atoms with Crippen molar-refractivity contribution in [2.24, 2.45) is 0 Å². The molecule has 9 nitrogen and oxygen atoms in total. The maximum Gasteiger partial charge on any atom is 0.408 e. The number of hydrogen-bond donors (Lipinski definition) is 2. The molecule has 0 saturated carbocycles. The van der Waals surface area contributed by atoms with Gasteiger partial charge in [0.25, 0.3) is 0 Å². The maximum atomic E-state index is 11.8. The molecule has 1 amide bonds. The highest BCUT2D eigenvalue weighted by molar-refractivity contribution is 7.89. The van der Waals surface area contributed by atoms with Gasteiger partial charge in [-0.25, -0.2) is 18.0 Å². The zero-order valence-electron chi connectivity index (χ0n) is 12.6. The Kier molecular flexibility index (Phi) is 5.04. The van der Waals surface area contributed by atoms with Gasteiger partial charge in [-0.3, -0.25) is 0 Å². The van der Waals surface area contributed by atoms with Crippen LogP contribution in [-0.4, -0.2) is 59.9 Å². The van der Waals surface area contributed by atoms with Crippen LogP contribution in [0.3, 0.4) is 0 Å². The summed E-state index contributed by atoms with van der Waals surface area (Å²) in [6.45, 7) is 4.34. The van der Waals surface area contributed by atoms with E-state index in [2.05, 4.69) is 5.32 Å². The average molecular weight is 333 g/mol. The molecule has 1 aliphatic heterocycles. The number of nitrogens with zero attached hydrogens (tertiary/aromatic N) is 2. The molecule has 0 bridgehead atoms. The van der Waals surface area contributed by atoms with E-state index in [1.807, 2.05) is 0 Å². The molecule has 22 heavy (non-hydrogen) atoms. The molecule has 0 aliphatic carbocycles. The Bertz CT molecular complexity index is 603. The first kappa shape index (κ1) is 18.2. The molecular formula is C12H19N3O6S. The summed E-state index contributed by atoms with van der Waals surface area (Å²) in [6.07, 6.45) is -1.04. The minimum atomic E-state index is -3.87. The lowest BCUT2D eigenvalue weighted by molar-refractivity contribution is -0.144. The molecule has 2 N–H and O–H groups in total. The maximum absolute atomic E-state index is 11.8. The Morgan fingerprint density at radius 1 is 1.45 bits per heavy atom. The Labute approximate surface area is 128 Å². The van der Waals surface area contributed by atoms with Crippen LogP contribution in [0.15, 0.2) is 0 Å². The topological polar surface area (TPSA) is 137 Å². The van der Waals surface area contributed by atoms with Crippen molar-refractivity contribution < 1.29 is 27.9 Å². The SMILES string of the molecule is CC(C)(C)OC(=O)NC1(C(=O)O)CCN(S(=O)(=O)CC#N)C1. The number of amides is 1. The smallest absolute Gasteiger partial charge is 0.408 e. The van der Waals surface area contributed by atoms with E-state index in [1.54, 1.807) is 20.8 Å². The van der Waals surface area contributed by atoms with Crippen LogP contribution in [0.2, 0.25) is 0 Å². The van der Waals surface area contributed by atoms with E-state index >= 15 is 0 Å². The quantitative estimate of drug-likeness (QED) is 0.732. The summed E-state index contributed by atoms with van der Waals surface area (Å²) in [7, 11) is -3.87. The monoisotopic (exact) mass is 333 g/mol. The number of carboxylic acid groups (broad SMARTS) is 1. The number of hydrogen-bond acceptors (Lipinski definition) is 6. The predicted octanol–water partition coefficient (Wildman–Crippen LogP) is -0.106. The second kappa shape index (κ2) is 6.10. The zero-order valence-corrected chi connectivity index (χ0v) is 13.4. The van der Waals surface area contributed by atoms with Crippen LogP contribution in [-0.2, 0) is 19.6 Å². The number of carbonyl (C=O) groups is 2. The Balaban J connectivity index is 2.91. The van der Waals surface area contributed by atoms with Gasteiger partial charge >= 0.3 is 12.1 Å². The summed E-state index contributed by atoms with van der Waals surface area (Å²) in [6, 6.07) is 1.52. The van der Waals surface area contributed by atoms with Crippen molar-refractivity contribution in [2.45, 2.75) is 38.3 Å². The molecule has 1 aliphatic rings. The molecule has 1 rings (SSSR count). The van der Waals surface area contributed by atoms with Crippen LogP contribution >= 0.6 is 0 Å². The minimum Gasteiger partial charge on any atom is -0.479 e. The molecule has 0 aromatic carbocycles. The van der Waals surface area contributed by atoms with Crippen LogP contribution < -0.4 is 5.32 Å². The minimum absolute atomic E-state index is 0.0912. The van der Waals surface area contributed by atoms with Gasteiger partial charge in [0.05, 0.1) is 6.07 Å². The number of ether oxygens (including phenoxy) is 1. The van der Waals surface area contributed by atoms with E-state index in [9.17, 15) is 23.1 Å². The second-order valence-corrected chi connectivity index (χ2v) is 7.98. The third kappa shape index (κ3) is 4.32. The van der Waals surface area contributed by atoms with Crippen LogP contribution in [0.25, 0.3) is 0 Å². The van der Waals surface area contributed by atoms with Crippen molar-refractivity contribution in [1.82, 2.24) is 9.62 Å². The molecule has 0 radical (unpaired) electrons. The second-order valence-electron chi connectivity index (χ2n) is 6.01. The van der Waals surface area contributed by atoms with Crippen molar-refractivity contribution >= 4 is 22.1 Å². The summed E-state index contributed by atoms with van der Waals surface area (Å²) < 4.78 is 29.5. The first-order chi connectivity index (χ1) is 9.92. The number of carboxylic acids is 1. The highest BCUT2D eigenvalue weighted by Crippen LogP contribution is 2.25. The average Bonchev–Trinajstić information content (AvgIpc) is 2.72. The molecule has 0 aromatic rings. The number of nitrogens with one attached hydrogen (secondary N) is 1. The molecule has 124 valence electrons. The Morgan fingerprint density at radius 3 is 2.50 bits per heavy atom. The van der Waals surface area contributed by atoms with Crippen molar-refractivity contribution in [1.29, 1.82) is 5.26 Å². The van der Waals surface area contributed by atoms with Gasteiger partial charge in [-0.1, -0.05) is 0 Å². The van der Waals surface area contributed by atoms with E-state index in [0.29, 0.717) is 0 Å². The fraction of sp³-hybridized carbons (Fsp3) is 0.750. The molecule has 1 atom stereocenters. The predicted molar refractivity (Wildman–Crippen MR) is 75.3 cm³/mol. The lowest BCUT2D eigenvalue weighted by Gasteiger charge is -2.28. The van der Waals surface area contributed by atoms with E-state index < -0.39 is 45.5 Å². The van der Waals surface area contributed by atoms with E-state index in [-0.39, 0.29) is 13.0 Å². The standard InChI is InChI=1S/C12H19N3O6S/c1-11(2,3)21-10(18)14-12(9(16)17)4-6-15(8-12)22(19,20)7-5-13/h4,6-8H2,1-3H3,(H,14,18)(H,16,17). The van der Waals surface area contributed by atoms with Gasteiger partial charge in [0.1, 0.15) is 5.60 Å². The Morgan fingerprint density at radius 2 is 2.05 bits per heavy atom. The summed E-state index contributed by atoms with van der Waals surface area (Å²) in [4.78, 5) is 23.3. The molecule has 10 heteroatoms. The molecule has 0 spiro atoms. The van der Waals surface area contributed by atoms with Crippen LogP contribution in [0.5, 0.6) is 0 Å². The van der Waals surface area contributed by atoms with Gasteiger partial charge in [-0.2, -0.15) is 9.57 Å². The fourth-order valence-electron chi connectivity index (χ4n) is 2.01. The number of sulfonamides is 1. The first-order valence-electron chi connectivity index (χ1n) is 6.51. The number of aliphatic carboxylic acids is 1. The van der Waals surface area contributed by atoms with E-state index in [1.165, 1.54) is 6.07 Å². The lowest BCUT2D eigenvalue weighted by Crippen LogP contribution is -2.57. The van der Waals surface area contributed by atoms with Gasteiger partial charge in [0, 0.05) is 13.1 Å². The molecule has 1 fully saturated rings. The van der Waals surface area contributed by atoms with Crippen molar-refractivity contribution in [3.05, 3.63) is 0 Å². The van der Waals surface area contributed by atoms with Crippen LogP contribution in [0, 0.1) is 11.3 Å². The van der Waals surface area contributed by atoms with E-state index in [4.69, 9.17) is 10.00 Å². The summed E-state index contributed by atoms with van der Waals surface area (Å²) in [5.41, 5.74) is -2.57. The normalized spacial score (nSPS) is 22.8. The van der Waals surface area contributed by atoms with Gasteiger partial charge < -0.3 is 15.2 Å². The van der Waals surface area contributed by atoms with Crippen molar-refractivity contribution in [2.75, 3.05) is 18.8 Å². The Hall–Kier alpha value is -1.86. The number of alkyl carbamates (subject to hydrolysis) is 1. The zero-order chi connectivity index (χ0) is 17.2. The van der Waals surface area contributed by atoms with Gasteiger partial charge in [-0.05, 0) is 27.2 Å². The molecule has 1 heterocycles. The third-order valence-electron chi connectivity index (χ3n) is 3.02. The number of nitriles is 1. The van der Waals surface area contributed by atoms with Gasteiger partial charge in [0.15, 0.2) is 11.3 Å². The number of rotatable bonds is 4. The number of carbonyl (C=O) groups excluding carboxylic acids is 1. The van der Waals surface area contributed by atoms with Crippen LogP contribution in [0.1, 0.15) is 27.2 Å². The van der Waals surface area contributed by atoms with Crippen LogP contribution in [0.4, 0.5) is 4.79 Å².